The molecule has 0 aliphatic heterocycles. The quantitative estimate of drug-likeness (QED) is 0.194. The largest absolute Gasteiger partial charge is 0.477 e. The number of hydrogen-bond acceptors (Lipinski definition) is 5. The summed E-state index contributed by atoms with van der Waals surface area (Å²) in [5.74, 6) is -1.23. The van der Waals surface area contributed by atoms with Crippen molar-refractivity contribution < 1.29 is 9.90 Å². The lowest BCUT2D eigenvalue weighted by atomic mass is 10.1. The zero-order valence-electron chi connectivity index (χ0n) is 18.8. The average molecular weight is 504 g/mol. The smallest absolute Gasteiger partial charge is 0.346 e. The number of fused-ring (bicyclic) bond motifs is 3. The van der Waals surface area contributed by atoms with Gasteiger partial charge in [-0.05, 0) is 42.5 Å². The molecule has 6 rings (SSSR count). The highest BCUT2D eigenvalue weighted by Gasteiger charge is 2.13. The second-order valence-electron chi connectivity index (χ2n) is 8.13. The Labute approximate surface area is 214 Å². The first-order valence-electron chi connectivity index (χ1n) is 11.1. The monoisotopic (exact) mass is 503 g/mol. The highest BCUT2D eigenvalue weighted by molar-refractivity contribution is 7.21. The number of hydrogen-bond donors (Lipinski definition) is 1. The molecule has 0 saturated carbocycles. The Morgan fingerprint density at radius 2 is 1.58 bits per heavy atom. The van der Waals surface area contributed by atoms with Crippen LogP contribution in [0.2, 0.25) is 0 Å². The Hall–Kier alpha value is -4.51. The van der Waals surface area contributed by atoms with Gasteiger partial charge in [0.1, 0.15) is 16.6 Å². The summed E-state index contributed by atoms with van der Waals surface area (Å²) in [5.41, 5.74) is 5.06. The van der Waals surface area contributed by atoms with Crippen molar-refractivity contribution in [2.45, 2.75) is 0 Å². The molecule has 0 aliphatic carbocycles. The third-order valence-corrected chi connectivity index (χ3v) is 8.02. The molecule has 0 aliphatic rings. The molecule has 0 amide bonds. The maximum Gasteiger partial charge on any atom is 0.346 e. The van der Waals surface area contributed by atoms with E-state index in [9.17, 15) is 4.79 Å². The van der Waals surface area contributed by atoms with Gasteiger partial charge in [0, 0.05) is 32.3 Å². The Morgan fingerprint density at radius 3 is 2.22 bits per heavy atom. The Morgan fingerprint density at radius 1 is 0.917 bits per heavy atom. The van der Waals surface area contributed by atoms with Crippen molar-refractivity contribution in [2.75, 3.05) is 0 Å². The van der Waals surface area contributed by atoms with E-state index >= 15 is 0 Å². The number of para-hydroxylation sites is 2. The number of nitrogens with zero attached hydrogens (tertiary/aromatic N) is 3. The fourth-order valence-electron chi connectivity index (χ4n) is 4.33. The van der Waals surface area contributed by atoms with E-state index in [1.54, 1.807) is 6.07 Å². The molecule has 0 fully saturated rings. The van der Waals surface area contributed by atoms with Crippen molar-refractivity contribution in [1.82, 2.24) is 9.55 Å². The summed E-state index contributed by atoms with van der Waals surface area (Å²) < 4.78 is 2.29. The number of aliphatic carboxylic acids is 1. The highest BCUT2D eigenvalue weighted by Crippen LogP contribution is 2.35. The maximum atomic E-state index is 11.1. The zero-order chi connectivity index (χ0) is 24.6. The van der Waals surface area contributed by atoms with Gasteiger partial charge in [-0.1, -0.05) is 48.5 Å². The molecule has 7 heteroatoms. The van der Waals surface area contributed by atoms with E-state index < -0.39 is 5.97 Å². The van der Waals surface area contributed by atoms with Crippen LogP contribution in [0.1, 0.15) is 4.88 Å². The molecule has 0 spiro atoms. The molecule has 0 atom stereocenters. The molecule has 0 saturated heterocycles. The van der Waals surface area contributed by atoms with Crippen LogP contribution in [0.3, 0.4) is 0 Å². The lowest BCUT2D eigenvalue weighted by Gasteiger charge is -2.08. The number of carboxylic acids is 1. The van der Waals surface area contributed by atoms with Gasteiger partial charge in [0.25, 0.3) is 0 Å². The number of aromatic nitrogens is 2. The van der Waals surface area contributed by atoms with Crippen molar-refractivity contribution in [3.63, 3.8) is 0 Å². The van der Waals surface area contributed by atoms with Crippen LogP contribution in [-0.4, -0.2) is 20.6 Å². The Kier molecular flexibility index (Phi) is 5.45. The van der Waals surface area contributed by atoms with Crippen LogP contribution in [0.4, 0.5) is 0 Å². The molecular formula is C29H17N3O2S2. The first kappa shape index (κ1) is 22.0. The second-order valence-corrected chi connectivity index (χ2v) is 10.1. The van der Waals surface area contributed by atoms with Crippen LogP contribution >= 0.6 is 22.7 Å². The van der Waals surface area contributed by atoms with Gasteiger partial charge >= 0.3 is 5.97 Å². The summed E-state index contributed by atoms with van der Waals surface area (Å²) in [7, 11) is 0. The summed E-state index contributed by atoms with van der Waals surface area (Å²) in [4.78, 5) is 17.6. The number of carbonyl (C=O) groups is 1. The molecule has 0 radical (unpaired) electrons. The lowest BCUT2D eigenvalue weighted by Crippen LogP contribution is -1.96. The summed E-state index contributed by atoms with van der Waals surface area (Å²) >= 11 is 2.95. The zero-order valence-corrected chi connectivity index (χ0v) is 20.4. The van der Waals surface area contributed by atoms with Gasteiger partial charge in [-0.3, -0.25) is 0 Å². The maximum absolute atomic E-state index is 11.1. The van der Waals surface area contributed by atoms with Crippen LogP contribution in [-0.2, 0) is 4.79 Å². The Bertz CT molecular complexity index is 1780. The van der Waals surface area contributed by atoms with Gasteiger partial charge in [0.15, 0.2) is 0 Å². The minimum atomic E-state index is -1.23. The normalized spacial score (nSPS) is 11.7. The third-order valence-electron chi connectivity index (χ3n) is 5.98. The number of rotatable bonds is 5. The van der Waals surface area contributed by atoms with Gasteiger partial charge in [-0.2, -0.15) is 5.26 Å². The lowest BCUT2D eigenvalue weighted by molar-refractivity contribution is -0.132. The van der Waals surface area contributed by atoms with Crippen molar-refractivity contribution in [3.05, 3.63) is 101 Å². The van der Waals surface area contributed by atoms with Gasteiger partial charge < -0.3 is 9.67 Å². The van der Waals surface area contributed by atoms with Gasteiger partial charge in [-0.25, -0.2) is 9.78 Å². The van der Waals surface area contributed by atoms with Crippen LogP contribution < -0.4 is 0 Å². The second kappa shape index (κ2) is 8.93. The average Bonchev–Trinajstić information content (AvgIpc) is 3.65. The van der Waals surface area contributed by atoms with Crippen LogP contribution in [0, 0.1) is 11.3 Å². The standard InChI is InChI=1S/C29H17N3O2S2/c30-16-19(29(33)34)15-21-13-14-27(36-21)28-31-24(17-35-28)18-9-11-20(12-10-18)32-25-7-3-1-5-22(25)23-6-2-4-8-26(23)32/h1-15,17H,(H,33,34)/b19-15+. The summed E-state index contributed by atoms with van der Waals surface area (Å²) in [6, 6.07) is 30.7. The molecule has 0 unspecified atom stereocenters. The fourth-order valence-corrected chi connectivity index (χ4v) is 6.18. The van der Waals surface area contributed by atoms with Crippen molar-refractivity contribution >= 4 is 56.5 Å². The van der Waals surface area contributed by atoms with E-state index in [0.29, 0.717) is 4.88 Å². The highest BCUT2D eigenvalue weighted by atomic mass is 32.1. The van der Waals surface area contributed by atoms with E-state index in [1.165, 1.54) is 50.6 Å². The molecule has 1 N–H and O–H groups in total. The van der Waals surface area contributed by atoms with Gasteiger partial charge in [0.05, 0.1) is 21.6 Å². The summed E-state index contributed by atoms with van der Waals surface area (Å²) in [6.45, 7) is 0. The number of nitriles is 1. The minimum Gasteiger partial charge on any atom is -0.477 e. The molecule has 5 nitrogen and oxygen atoms in total. The van der Waals surface area contributed by atoms with Gasteiger partial charge in [0.2, 0.25) is 0 Å². The van der Waals surface area contributed by atoms with Crippen molar-refractivity contribution in [1.29, 1.82) is 5.26 Å². The SMILES string of the molecule is N#C/C(=C\c1ccc(-c2nc(-c3ccc(-n4c5ccccc5c5ccccc54)cc3)cs2)s1)C(=O)O. The van der Waals surface area contributed by atoms with Crippen LogP contribution in [0.5, 0.6) is 0 Å². The van der Waals surface area contributed by atoms with Crippen LogP contribution in [0.25, 0.3) is 54.7 Å². The third kappa shape index (κ3) is 3.79. The van der Waals surface area contributed by atoms with E-state index in [0.717, 1.165) is 26.8 Å². The summed E-state index contributed by atoms with van der Waals surface area (Å²) in [5, 5.41) is 23.4. The number of thiophene rings is 1. The minimum absolute atomic E-state index is 0.286. The Balaban J connectivity index is 1.32. The van der Waals surface area contributed by atoms with Gasteiger partial charge in [-0.15, -0.1) is 22.7 Å². The molecule has 0 bridgehead atoms. The predicted molar refractivity (Wildman–Crippen MR) is 146 cm³/mol. The molecule has 36 heavy (non-hydrogen) atoms. The molecule has 6 aromatic rings. The van der Waals surface area contributed by atoms with E-state index in [4.69, 9.17) is 15.4 Å². The van der Waals surface area contributed by atoms with E-state index in [-0.39, 0.29) is 5.57 Å². The molecule has 3 aromatic heterocycles. The topological polar surface area (TPSA) is 78.9 Å². The number of carboxylic acid groups (broad SMARTS) is 1. The first-order chi connectivity index (χ1) is 17.6. The molecule has 172 valence electrons. The molecule has 3 aromatic carbocycles. The number of benzene rings is 3. The van der Waals surface area contributed by atoms with Crippen LogP contribution in [0.15, 0.2) is 95.9 Å². The first-order valence-corrected chi connectivity index (χ1v) is 12.8. The van der Waals surface area contributed by atoms with E-state index in [1.807, 2.05) is 17.5 Å². The van der Waals surface area contributed by atoms with E-state index in [2.05, 4.69) is 77.4 Å². The van der Waals surface area contributed by atoms with Crippen molar-refractivity contribution in [3.8, 4) is 32.9 Å². The molecular weight excluding hydrogens is 486 g/mol. The predicted octanol–water partition coefficient (Wildman–Crippen LogP) is 7.63. The van der Waals surface area contributed by atoms with Crippen molar-refractivity contribution in [2.24, 2.45) is 0 Å². The summed E-state index contributed by atoms with van der Waals surface area (Å²) in [6.07, 6.45) is 1.39. The number of thiazole rings is 1. The fraction of sp³-hybridized carbons (Fsp3) is 0. The molecule has 3 heterocycles.